The van der Waals surface area contributed by atoms with E-state index in [0.29, 0.717) is 4.88 Å². The van der Waals surface area contributed by atoms with Gasteiger partial charge in [-0.2, -0.15) is 0 Å². The molecule has 18 heavy (non-hydrogen) atoms. The first-order valence-corrected chi connectivity index (χ1v) is 8.23. The van der Waals surface area contributed by atoms with Crippen LogP contribution in [0.3, 0.4) is 0 Å². The highest BCUT2D eigenvalue weighted by atomic mass is 32.2. The fourth-order valence-corrected chi connectivity index (χ4v) is 4.29. The van der Waals surface area contributed by atoms with E-state index >= 15 is 0 Å². The summed E-state index contributed by atoms with van der Waals surface area (Å²) in [4.78, 5) is 12.7. The molecule has 4 nitrogen and oxygen atoms in total. The Labute approximate surface area is 109 Å². The minimum absolute atomic E-state index is 0.0576. The Morgan fingerprint density at radius 3 is 2.72 bits per heavy atom. The lowest BCUT2D eigenvalue weighted by atomic mass is 10.2. The Kier molecular flexibility index (Phi) is 2.64. The molecule has 1 fully saturated rings. The highest BCUT2D eigenvalue weighted by Crippen LogP contribution is 2.25. The van der Waals surface area contributed by atoms with E-state index in [0.717, 1.165) is 10.8 Å². The highest BCUT2D eigenvalue weighted by Gasteiger charge is 2.34. The summed E-state index contributed by atoms with van der Waals surface area (Å²) in [5, 5.41) is 6.65. The minimum atomic E-state index is -2.90. The van der Waals surface area contributed by atoms with E-state index in [2.05, 4.69) is 5.32 Å². The van der Waals surface area contributed by atoms with Gasteiger partial charge in [0.25, 0.3) is 5.91 Å². The number of nitrogens with one attached hydrogen (secondary N) is 1. The van der Waals surface area contributed by atoms with Crippen molar-refractivity contribution in [2.24, 2.45) is 0 Å². The average molecular weight is 281 g/mol. The summed E-state index contributed by atoms with van der Waals surface area (Å²) in [6.07, 6.45) is 0. The molecule has 0 spiro atoms. The minimum Gasteiger partial charge on any atom is -0.347 e. The molecule has 1 aliphatic rings. The average Bonchev–Trinajstić information content (AvgIpc) is 2.70. The van der Waals surface area contributed by atoms with Crippen LogP contribution in [0.25, 0.3) is 10.8 Å². The van der Waals surface area contributed by atoms with Crippen LogP contribution in [-0.2, 0) is 9.84 Å². The number of benzene rings is 1. The fraction of sp³-hybridized carbons (Fsp3) is 0.250. The predicted molar refractivity (Wildman–Crippen MR) is 71.7 cm³/mol. The van der Waals surface area contributed by atoms with Crippen molar-refractivity contribution in [2.45, 2.75) is 6.04 Å². The second kappa shape index (κ2) is 4.07. The topological polar surface area (TPSA) is 63.2 Å². The number of carbonyl (C=O) groups is 1. The van der Waals surface area contributed by atoms with Crippen LogP contribution in [0.2, 0.25) is 0 Å². The summed E-state index contributed by atoms with van der Waals surface area (Å²) < 4.78 is 22.1. The number of carbonyl (C=O) groups excluding carboxylic acids is 1. The molecule has 2 aromatic rings. The highest BCUT2D eigenvalue weighted by molar-refractivity contribution is 7.92. The van der Waals surface area contributed by atoms with E-state index in [9.17, 15) is 13.2 Å². The normalized spacial score (nSPS) is 18.4. The zero-order valence-electron chi connectivity index (χ0n) is 9.42. The second-order valence-corrected chi connectivity index (χ2v) is 7.43. The van der Waals surface area contributed by atoms with Crippen molar-refractivity contribution in [3.8, 4) is 0 Å². The van der Waals surface area contributed by atoms with Crippen molar-refractivity contribution >= 4 is 37.9 Å². The Hall–Kier alpha value is -1.40. The molecule has 2 heterocycles. The van der Waals surface area contributed by atoms with Gasteiger partial charge in [0.15, 0.2) is 9.84 Å². The zero-order chi connectivity index (χ0) is 12.8. The van der Waals surface area contributed by atoms with Gasteiger partial charge in [0, 0.05) is 5.39 Å². The standard InChI is InChI=1S/C12H11NO3S2/c14-12(13-9-6-18(15,16)7-9)11-10-4-2-1-3-8(10)5-17-11/h1-5,9H,6-7H2,(H,13,14). The SMILES string of the molecule is O=C(NC1CS(=O)(=O)C1)c1scc2ccccc12. The number of fused-ring (bicyclic) bond motifs is 1. The molecule has 0 radical (unpaired) electrons. The van der Waals surface area contributed by atoms with Gasteiger partial charge < -0.3 is 5.32 Å². The first kappa shape index (κ1) is 11.7. The lowest BCUT2D eigenvalue weighted by Crippen LogP contribution is -2.52. The molecule has 0 bridgehead atoms. The summed E-state index contributed by atoms with van der Waals surface area (Å²) in [7, 11) is -2.90. The molecule has 1 saturated heterocycles. The van der Waals surface area contributed by atoms with E-state index in [-0.39, 0.29) is 23.5 Å². The van der Waals surface area contributed by atoms with E-state index in [1.54, 1.807) is 0 Å². The van der Waals surface area contributed by atoms with Crippen LogP contribution in [0.4, 0.5) is 0 Å². The third-order valence-electron chi connectivity index (χ3n) is 2.96. The van der Waals surface area contributed by atoms with Crippen molar-refractivity contribution in [1.82, 2.24) is 5.32 Å². The van der Waals surface area contributed by atoms with Gasteiger partial charge in [-0.15, -0.1) is 11.3 Å². The van der Waals surface area contributed by atoms with Crippen LogP contribution < -0.4 is 5.32 Å². The van der Waals surface area contributed by atoms with Crippen LogP contribution in [-0.4, -0.2) is 31.9 Å². The maximum Gasteiger partial charge on any atom is 0.262 e. The maximum atomic E-state index is 12.0. The van der Waals surface area contributed by atoms with E-state index in [1.807, 2.05) is 29.6 Å². The van der Waals surface area contributed by atoms with Crippen LogP contribution in [0, 0.1) is 0 Å². The number of thiophene rings is 1. The molecule has 1 aliphatic heterocycles. The van der Waals surface area contributed by atoms with Gasteiger partial charge in [-0.05, 0) is 10.8 Å². The molecule has 1 N–H and O–H groups in total. The van der Waals surface area contributed by atoms with Crippen molar-refractivity contribution < 1.29 is 13.2 Å². The van der Waals surface area contributed by atoms with Gasteiger partial charge >= 0.3 is 0 Å². The summed E-state index contributed by atoms with van der Waals surface area (Å²) in [6.45, 7) is 0. The number of hydrogen-bond donors (Lipinski definition) is 1. The van der Waals surface area contributed by atoms with Gasteiger partial charge in [0.2, 0.25) is 0 Å². The number of amides is 1. The molecule has 0 saturated carbocycles. The van der Waals surface area contributed by atoms with Crippen LogP contribution in [0.15, 0.2) is 29.6 Å². The van der Waals surface area contributed by atoms with Crippen LogP contribution >= 0.6 is 11.3 Å². The Bertz CT molecular complexity index is 706. The summed E-state index contributed by atoms with van der Waals surface area (Å²) in [5.41, 5.74) is 0. The number of hydrogen-bond acceptors (Lipinski definition) is 4. The number of rotatable bonds is 2. The lowest BCUT2D eigenvalue weighted by molar-refractivity contribution is 0.0947. The predicted octanol–water partition coefficient (Wildman–Crippen LogP) is 1.43. The third-order valence-corrected chi connectivity index (χ3v) is 5.79. The largest absolute Gasteiger partial charge is 0.347 e. The second-order valence-electron chi connectivity index (χ2n) is 4.40. The first-order chi connectivity index (χ1) is 8.55. The Morgan fingerprint density at radius 2 is 2.00 bits per heavy atom. The summed E-state index contributed by atoms with van der Waals surface area (Å²) in [6, 6.07) is 7.44. The van der Waals surface area contributed by atoms with Gasteiger partial charge in [-0.25, -0.2) is 8.42 Å². The summed E-state index contributed by atoms with van der Waals surface area (Å²) >= 11 is 1.39. The van der Waals surface area contributed by atoms with Gasteiger partial charge in [-0.1, -0.05) is 24.3 Å². The molecule has 6 heteroatoms. The molecule has 94 valence electrons. The van der Waals surface area contributed by atoms with Crippen LogP contribution in [0.1, 0.15) is 9.67 Å². The first-order valence-electron chi connectivity index (χ1n) is 5.53. The smallest absolute Gasteiger partial charge is 0.262 e. The molecule has 0 unspecified atom stereocenters. The van der Waals surface area contributed by atoms with Crippen LogP contribution in [0.5, 0.6) is 0 Å². The molecule has 1 amide bonds. The molecule has 0 atom stereocenters. The molecule has 1 aromatic carbocycles. The fourth-order valence-electron chi connectivity index (χ4n) is 2.07. The van der Waals surface area contributed by atoms with Gasteiger partial charge in [-0.3, -0.25) is 4.79 Å². The van der Waals surface area contributed by atoms with Gasteiger partial charge in [0.1, 0.15) is 0 Å². The van der Waals surface area contributed by atoms with Gasteiger partial charge in [0.05, 0.1) is 22.4 Å². The summed E-state index contributed by atoms with van der Waals surface area (Å²) in [5.74, 6) is -0.0644. The maximum absolute atomic E-state index is 12.0. The van der Waals surface area contributed by atoms with Crippen molar-refractivity contribution in [2.75, 3.05) is 11.5 Å². The third kappa shape index (κ3) is 2.02. The molecular weight excluding hydrogens is 270 g/mol. The zero-order valence-corrected chi connectivity index (χ0v) is 11.1. The van der Waals surface area contributed by atoms with Crippen molar-refractivity contribution in [3.05, 3.63) is 34.5 Å². The quantitative estimate of drug-likeness (QED) is 0.905. The number of sulfone groups is 1. The molecule has 1 aromatic heterocycles. The lowest BCUT2D eigenvalue weighted by Gasteiger charge is -2.26. The molecule has 3 rings (SSSR count). The van der Waals surface area contributed by atoms with Crippen molar-refractivity contribution in [3.63, 3.8) is 0 Å². The monoisotopic (exact) mass is 281 g/mol. The molecule has 0 aliphatic carbocycles. The van der Waals surface area contributed by atoms with E-state index in [1.165, 1.54) is 11.3 Å². The Balaban J connectivity index is 1.81. The molecular formula is C12H11NO3S2. The Morgan fingerprint density at radius 1 is 1.28 bits per heavy atom. The van der Waals surface area contributed by atoms with Crippen molar-refractivity contribution in [1.29, 1.82) is 0 Å². The van der Waals surface area contributed by atoms with E-state index in [4.69, 9.17) is 0 Å². The van der Waals surface area contributed by atoms with E-state index < -0.39 is 9.84 Å².